The lowest BCUT2D eigenvalue weighted by Crippen LogP contribution is -2.08. The highest BCUT2D eigenvalue weighted by Gasteiger charge is 2.19. The van der Waals surface area contributed by atoms with E-state index in [1.165, 1.54) is 18.2 Å². The normalized spacial score (nSPS) is 11.1. The fourth-order valence-corrected chi connectivity index (χ4v) is 3.66. The van der Waals surface area contributed by atoms with Gasteiger partial charge in [-0.05, 0) is 42.3 Å². The zero-order valence-corrected chi connectivity index (χ0v) is 12.1. The summed E-state index contributed by atoms with van der Waals surface area (Å²) in [5.41, 5.74) is 6.78. The molecule has 2 N–H and O–H groups in total. The zero-order chi connectivity index (χ0) is 15.6. The minimum atomic E-state index is -3.62. The number of nitrogen functional groups attached to an aromatic ring is 1. The van der Waals surface area contributed by atoms with Crippen molar-refractivity contribution in [1.29, 1.82) is 5.26 Å². The van der Waals surface area contributed by atoms with Crippen molar-refractivity contribution < 1.29 is 12.8 Å². The van der Waals surface area contributed by atoms with Crippen molar-refractivity contribution in [3.8, 4) is 6.07 Å². The second-order valence-electron chi connectivity index (χ2n) is 4.66. The number of hydrogen-bond donors (Lipinski definition) is 1. The Balaban J connectivity index is 2.43. The largest absolute Gasteiger partial charge is 0.398 e. The summed E-state index contributed by atoms with van der Waals surface area (Å²) < 4.78 is 38.1. The first kappa shape index (κ1) is 15.0. The number of nitrogens with two attached hydrogens (primary N) is 1. The maximum Gasteiger partial charge on any atom is 0.182 e. The van der Waals surface area contributed by atoms with Gasteiger partial charge in [0.15, 0.2) is 9.84 Å². The van der Waals surface area contributed by atoms with E-state index in [0.717, 1.165) is 6.07 Å². The number of benzene rings is 2. The van der Waals surface area contributed by atoms with Gasteiger partial charge in [-0.15, -0.1) is 0 Å². The van der Waals surface area contributed by atoms with Crippen molar-refractivity contribution in [2.45, 2.75) is 17.6 Å². The lowest BCUT2D eigenvalue weighted by Gasteiger charge is -2.10. The Hall–Kier alpha value is -2.39. The molecule has 0 aliphatic carbocycles. The summed E-state index contributed by atoms with van der Waals surface area (Å²) in [4.78, 5) is 0.144. The summed E-state index contributed by atoms with van der Waals surface area (Å²) in [5, 5.41) is 8.78. The third-order valence-electron chi connectivity index (χ3n) is 3.17. The molecular formula is C15H13FN2O2S. The van der Waals surface area contributed by atoms with Crippen molar-refractivity contribution in [3.63, 3.8) is 0 Å². The number of sulfone groups is 1. The first-order chi connectivity index (χ1) is 9.85. The Kier molecular flexibility index (Phi) is 3.96. The van der Waals surface area contributed by atoms with E-state index in [1.807, 2.05) is 0 Å². The maximum absolute atomic E-state index is 13.3. The van der Waals surface area contributed by atoms with Crippen molar-refractivity contribution in [3.05, 3.63) is 58.9 Å². The summed E-state index contributed by atoms with van der Waals surface area (Å²) in [5.74, 6) is -0.981. The molecule has 2 aromatic carbocycles. The van der Waals surface area contributed by atoms with Gasteiger partial charge >= 0.3 is 0 Å². The van der Waals surface area contributed by atoms with Crippen LogP contribution in [0.3, 0.4) is 0 Å². The van der Waals surface area contributed by atoms with Gasteiger partial charge in [0.1, 0.15) is 11.9 Å². The summed E-state index contributed by atoms with van der Waals surface area (Å²) in [6.07, 6.45) is 0. The number of nitrogens with zero attached hydrogens (tertiary/aromatic N) is 1. The second-order valence-corrected chi connectivity index (χ2v) is 6.61. The van der Waals surface area contributed by atoms with Gasteiger partial charge in [0.2, 0.25) is 0 Å². The van der Waals surface area contributed by atoms with Crippen molar-refractivity contribution in [2.75, 3.05) is 5.73 Å². The van der Waals surface area contributed by atoms with Gasteiger partial charge < -0.3 is 5.73 Å². The lowest BCUT2D eigenvalue weighted by molar-refractivity contribution is 0.594. The van der Waals surface area contributed by atoms with Crippen LogP contribution >= 0.6 is 0 Å². The molecule has 0 bridgehead atoms. The van der Waals surface area contributed by atoms with Crippen LogP contribution < -0.4 is 5.73 Å². The van der Waals surface area contributed by atoms with Crippen LogP contribution in [0.15, 0.2) is 41.3 Å². The number of hydrogen-bond acceptors (Lipinski definition) is 4. The molecule has 0 radical (unpaired) electrons. The van der Waals surface area contributed by atoms with Crippen LogP contribution in [0.1, 0.15) is 16.7 Å². The Morgan fingerprint density at radius 1 is 1.29 bits per heavy atom. The van der Waals surface area contributed by atoms with Crippen LogP contribution in [0.25, 0.3) is 0 Å². The molecule has 2 rings (SSSR count). The van der Waals surface area contributed by atoms with Gasteiger partial charge in [0.25, 0.3) is 0 Å². The van der Waals surface area contributed by atoms with E-state index >= 15 is 0 Å². The van der Waals surface area contributed by atoms with E-state index in [9.17, 15) is 12.8 Å². The van der Waals surface area contributed by atoms with E-state index in [-0.39, 0.29) is 16.2 Å². The average Bonchev–Trinajstić information content (AvgIpc) is 2.43. The molecule has 21 heavy (non-hydrogen) atoms. The number of rotatable bonds is 3. The molecule has 0 saturated heterocycles. The van der Waals surface area contributed by atoms with Crippen LogP contribution in [-0.4, -0.2) is 8.42 Å². The van der Waals surface area contributed by atoms with Gasteiger partial charge in [0, 0.05) is 5.69 Å². The highest BCUT2D eigenvalue weighted by Crippen LogP contribution is 2.24. The Bertz CT molecular complexity index is 839. The average molecular weight is 304 g/mol. The fraction of sp³-hybridized carbons (Fsp3) is 0.133. The molecule has 6 heteroatoms. The molecule has 4 nitrogen and oxygen atoms in total. The van der Waals surface area contributed by atoms with Gasteiger partial charge in [-0.25, -0.2) is 12.8 Å². The quantitative estimate of drug-likeness (QED) is 0.883. The molecule has 0 unspecified atom stereocenters. The number of anilines is 1. The summed E-state index contributed by atoms with van der Waals surface area (Å²) >= 11 is 0. The Labute approximate surface area is 122 Å². The molecule has 0 spiro atoms. The van der Waals surface area contributed by atoms with Crippen molar-refractivity contribution in [1.82, 2.24) is 0 Å². The third kappa shape index (κ3) is 3.03. The van der Waals surface area contributed by atoms with E-state index < -0.39 is 15.7 Å². The zero-order valence-electron chi connectivity index (χ0n) is 11.3. The van der Waals surface area contributed by atoms with E-state index in [1.54, 1.807) is 25.1 Å². The van der Waals surface area contributed by atoms with E-state index in [2.05, 4.69) is 0 Å². The second kappa shape index (κ2) is 5.54. The Morgan fingerprint density at radius 3 is 2.67 bits per heavy atom. The lowest BCUT2D eigenvalue weighted by atomic mass is 10.1. The predicted octanol–water partition coefficient (Wildman–Crippen LogP) is 2.56. The topological polar surface area (TPSA) is 84.0 Å². The molecule has 0 saturated carbocycles. The van der Waals surface area contributed by atoms with Crippen LogP contribution in [0.2, 0.25) is 0 Å². The van der Waals surface area contributed by atoms with E-state index in [4.69, 9.17) is 11.0 Å². The Morgan fingerprint density at radius 2 is 2.00 bits per heavy atom. The molecule has 0 fully saturated rings. The summed E-state index contributed by atoms with van der Waals surface area (Å²) in [6, 6.07) is 10.1. The molecule has 108 valence electrons. The number of halogens is 1. The highest BCUT2D eigenvalue weighted by atomic mass is 32.2. The molecule has 2 aromatic rings. The van der Waals surface area contributed by atoms with Gasteiger partial charge in [-0.3, -0.25) is 0 Å². The van der Waals surface area contributed by atoms with Gasteiger partial charge in [-0.1, -0.05) is 12.1 Å². The predicted molar refractivity (Wildman–Crippen MR) is 77.6 cm³/mol. The van der Waals surface area contributed by atoms with Gasteiger partial charge in [0.05, 0.1) is 16.2 Å². The van der Waals surface area contributed by atoms with Crippen LogP contribution in [-0.2, 0) is 15.6 Å². The van der Waals surface area contributed by atoms with E-state index in [0.29, 0.717) is 16.8 Å². The molecule has 0 amide bonds. The van der Waals surface area contributed by atoms with Crippen LogP contribution in [0.5, 0.6) is 0 Å². The monoisotopic (exact) mass is 304 g/mol. The number of nitriles is 1. The third-order valence-corrected chi connectivity index (χ3v) is 4.99. The first-order valence-electron chi connectivity index (χ1n) is 6.11. The molecular weight excluding hydrogens is 291 g/mol. The molecule has 0 aliphatic rings. The van der Waals surface area contributed by atoms with Crippen molar-refractivity contribution in [2.24, 2.45) is 0 Å². The first-order valence-corrected chi connectivity index (χ1v) is 7.77. The molecule has 0 atom stereocenters. The fourth-order valence-electron chi connectivity index (χ4n) is 2.01. The molecule has 0 aliphatic heterocycles. The van der Waals surface area contributed by atoms with Gasteiger partial charge in [-0.2, -0.15) is 5.26 Å². The van der Waals surface area contributed by atoms with Crippen LogP contribution in [0, 0.1) is 24.1 Å². The minimum Gasteiger partial charge on any atom is -0.398 e. The highest BCUT2D eigenvalue weighted by molar-refractivity contribution is 7.90. The minimum absolute atomic E-state index is 0.144. The maximum atomic E-state index is 13.3. The van der Waals surface area contributed by atoms with Crippen molar-refractivity contribution >= 4 is 15.5 Å². The van der Waals surface area contributed by atoms with Crippen LogP contribution in [0.4, 0.5) is 10.1 Å². The molecule has 0 heterocycles. The summed E-state index contributed by atoms with van der Waals surface area (Å²) in [7, 11) is -3.62. The smallest absolute Gasteiger partial charge is 0.182 e. The summed E-state index contributed by atoms with van der Waals surface area (Å²) in [6.45, 7) is 1.63. The molecule has 0 aromatic heterocycles. The SMILES string of the molecule is Cc1c(N)cccc1S(=O)(=O)Cc1ccc(F)c(C#N)c1. The standard InChI is InChI=1S/C15H13FN2O2S/c1-10-14(18)3-2-4-15(10)21(19,20)9-11-5-6-13(16)12(7-11)8-17/h2-7H,9,18H2,1H3.